The lowest BCUT2D eigenvalue weighted by Crippen LogP contribution is -2.47. The molecule has 0 bridgehead atoms. The van der Waals surface area contributed by atoms with Gasteiger partial charge in [-0.05, 0) is 50.9 Å². The van der Waals surface area contributed by atoms with E-state index >= 15 is 0 Å². The van der Waals surface area contributed by atoms with Crippen LogP contribution in [0.1, 0.15) is 40.5 Å². The number of nitrogens with two attached hydrogens (primary N) is 1. The minimum atomic E-state index is 0.768. The first-order chi connectivity index (χ1) is 10.5. The highest BCUT2D eigenvalue weighted by atomic mass is 15.3. The summed E-state index contributed by atoms with van der Waals surface area (Å²) in [6.45, 7) is 21.2. The smallest absolute Gasteiger partial charge is 0.0110 e. The Balaban J connectivity index is 2.17. The van der Waals surface area contributed by atoms with Crippen LogP contribution < -0.4 is 5.73 Å². The molecule has 0 unspecified atom stereocenters. The van der Waals surface area contributed by atoms with Crippen LogP contribution in [-0.4, -0.2) is 80.1 Å². The molecule has 1 fully saturated rings. The first kappa shape index (κ1) is 19.9. The van der Waals surface area contributed by atoms with Gasteiger partial charge in [0.2, 0.25) is 0 Å². The Hall–Kier alpha value is -0.160. The van der Waals surface area contributed by atoms with E-state index in [1.165, 1.54) is 65.3 Å². The maximum Gasteiger partial charge on any atom is 0.0110 e. The van der Waals surface area contributed by atoms with Crippen LogP contribution in [0.5, 0.6) is 0 Å². The molecule has 0 amide bonds. The summed E-state index contributed by atoms with van der Waals surface area (Å²) in [6.07, 6.45) is 2.45. The van der Waals surface area contributed by atoms with Crippen LogP contribution in [0.2, 0.25) is 0 Å². The highest BCUT2D eigenvalue weighted by Crippen LogP contribution is 2.07. The van der Waals surface area contributed by atoms with Gasteiger partial charge in [-0.25, -0.2) is 0 Å². The lowest BCUT2D eigenvalue weighted by molar-refractivity contribution is 0.124. The van der Waals surface area contributed by atoms with E-state index in [0.717, 1.165) is 24.8 Å². The van der Waals surface area contributed by atoms with E-state index in [2.05, 4.69) is 42.4 Å². The van der Waals surface area contributed by atoms with Gasteiger partial charge in [-0.2, -0.15) is 0 Å². The van der Waals surface area contributed by atoms with Crippen molar-refractivity contribution in [3.8, 4) is 0 Å². The monoisotopic (exact) mass is 312 g/mol. The maximum atomic E-state index is 5.59. The molecular weight excluding hydrogens is 272 g/mol. The number of nitrogens with zero attached hydrogens (tertiary/aromatic N) is 3. The summed E-state index contributed by atoms with van der Waals surface area (Å²) >= 11 is 0. The van der Waals surface area contributed by atoms with Crippen LogP contribution in [0.25, 0.3) is 0 Å². The van der Waals surface area contributed by atoms with Gasteiger partial charge in [0, 0.05) is 39.3 Å². The third kappa shape index (κ3) is 9.09. The fourth-order valence-corrected chi connectivity index (χ4v) is 3.36. The summed E-state index contributed by atoms with van der Waals surface area (Å²) in [4.78, 5) is 7.86. The maximum absolute atomic E-state index is 5.59. The van der Waals surface area contributed by atoms with E-state index in [-0.39, 0.29) is 0 Å². The van der Waals surface area contributed by atoms with E-state index in [4.69, 9.17) is 5.73 Å². The second kappa shape index (κ2) is 11.4. The second-order valence-electron chi connectivity index (χ2n) is 7.73. The van der Waals surface area contributed by atoms with Gasteiger partial charge < -0.3 is 20.4 Å². The second-order valence-corrected chi connectivity index (χ2v) is 7.73. The summed E-state index contributed by atoms with van der Waals surface area (Å²) in [5, 5.41) is 0. The van der Waals surface area contributed by atoms with Crippen molar-refractivity contribution in [1.82, 2.24) is 14.7 Å². The quantitative estimate of drug-likeness (QED) is 0.633. The molecule has 1 aliphatic heterocycles. The molecule has 2 N–H and O–H groups in total. The zero-order valence-corrected chi connectivity index (χ0v) is 15.6. The first-order valence-electron chi connectivity index (χ1n) is 9.38. The Bertz CT molecular complexity index is 250. The van der Waals surface area contributed by atoms with Gasteiger partial charge >= 0.3 is 0 Å². The molecule has 1 rings (SSSR count). The number of hydrogen-bond acceptors (Lipinski definition) is 4. The van der Waals surface area contributed by atoms with Crippen molar-refractivity contribution in [1.29, 1.82) is 0 Å². The van der Waals surface area contributed by atoms with Crippen LogP contribution >= 0.6 is 0 Å². The molecule has 0 aromatic carbocycles. The predicted octanol–water partition coefficient (Wildman–Crippen LogP) is 1.96. The molecular formula is C18H40N4. The van der Waals surface area contributed by atoms with Crippen LogP contribution in [0, 0.1) is 11.8 Å². The fourth-order valence-electron chi connectivity index (χ4n) is 3.36. The van der Waals surface area contributed by atoms with Gasteiger partial charge in [-0.15, -0.1) is 0 Å². The van der Waals surface area contributed by atoms with Gasteiger partial charge in [-0.3, -0.25) is 0 Å². The molecule has 0 aliphatic carbocycles. The molecule has 4 heteroatoms. The molecule has 132 valence electrons. The van der Waals surface area contributed by atoms with Gasteiger partial charge in [0.25, 0.3) is 0 Å². The molecule has 1 aliphatic rings. The predicted molar refractivity (Wildman–Crippen MR) is 97.3 cm³/mol. The Morgan fingerprint density at radius 1 is 0.818 bits per heavy atom. The van der Waals surface area contributed by atoms with Crippen molar-refractivity contribution in [2.45, 2.75) is 40.5 Å². The van der Waals surface area contributed by atoms with Crippen molar-refractivity contribution >= 4 is 0 Å². The van der Waals surface area contributed by atoms with Crippen LogP contribution in [0.4, 0.5) is 0 Å². The van der Waals surface area contributed by atoms with Crippen molar-refractivity contribution in [2.75, 3.05) is 65.4 Å². The molecule has 0 atom stereocenters. The third-order valence-corrected chi connectivity index (χ3v) is 4.34. The van der Waals surface area contributed by atoms with E-state index in [9.17, 15) is 0 Å². The topological polar surface area (TPSA) is 35.7 Å². The van der Waals surface area contributed by atoms with E-state index < -0.39 is 0 Å². The van der Waals surface area contributed by atoms with Gasteiger partial charge in [0.1, 0.15) is 0 Å². The third-order valence-electron chi connectivity index (χ3n) is 4.34. The summed E-state index contributed by atoms with van der Waals surface area (Å²) in [5.74, 6) is 1.54. The number of piperazine rings is 1. The first-order valence-corrected chi connectivity index (χ1v) is 9.38. The molecule has 22 heavy (non-hydrogen) atoms. The van der Waals surface area contributed by atoms with E-state index in [0.29, 0.717) is 0 Å². The Labute approximate surface area is 139 Å². The molecule has 1 saturated heterocycles. The lowest BCUT2D eigenvalue weighted by Gasteiger charge is -2.35. The lowest BCUT2D eigenvalue weighted by atomic mass is 10.1. The van der Waals surface area contributed by atoms with Crippen molar-refractivity contribution in [2.24, 2.45) is 17.6 Å². The summed E-state index contributed by atoms with van der Waals surface area (Å²) in [5.41, 5.74) is 5.59. The minimum absolute atomic E-state index is 0.768. The van der Waals surface area contributed by atoms with Crippen molar-refractivity contribution in [3.05, 3.63) is 0 Å². The summed E-state index contributed by atoms with van der Waals surface area (Å²) in [7, 11) is 0. The SMILES string of the molecule is CC(C)CN(CCCN1CCN(CCCN)CC1)CC(C)C. The van der Waals surface area contributed by atoms with E-state index in [1.807, 2.05) is 0 Å². The number of hydrogen-bond donors (Lipinski definition) is 1. The molecule has 0 aromatic heterocycles. The molecule has 1 heterocycles. The molecule has 0 saturated carbocycles. The molecule has 0 aromatic rings. The average molecular weight is 313 g/mol. The zero-order chi connectivity index (χ0) is 16.4. The van der Waals surface area contributed by atoms with Crippen LogP contribution in [0.3, 0.4) is 0 Å². The Kier molecular flexibility index (Phi) is 10.3. The normalized spacial score (nSPS) is 18.0. The van der Waals surface area contributed by atoms with Gasteiger partial charge in [-0.1, -0.05) is 27.7 Å². The fraction of sp³-hybridized carbons (Fsp3) is 1.00. The van der Waals surface area contributed by atoms with Gasteiger partial charge in [0.15, 0.2) is 0 Å². The Morgan fingerprint density at radius 2 is 1.27 bits per heavy atom. The van der Waals surface area contributed by atoms with E-state index in [1.54, 1.807) is 0 Å². The van der Waals surface area contributed by atoms with Crippen LogP contribution in [0.15, 0.2) is 0 Å². The summed E-state index contributed by atoms with van der Waals surface area (Å²) < 4.78 is 0. The summed E-state index contributed by atoms with van der Waals surface area (Å²) in [6, 6.07) is 0. The van der Waals surface area contributed by atoms with Crippen LogP contribution in [-0.2, 0) is 0 Å². The molecule has 4 nitrogen and oxygen atoms in total. The standard InChI is InChI=1S/C18H40N4/c1-17(2)15-22(16-18(3)4)10-6-9-21-13-11-20(12-14-21)8-5-7-19/h17-18H,5-16,19H2,1-4H3. The van der Waals surface area contributed by atoms with Gasteiger partial charge in [0.05, 0.1) is 0 Å². The minimum Gasteiger partial charge on any atom is -0.330 e. The van der Waals surface area contributed by atoms with Crippen molar-refractivity contribution in [3.63, 3.8) is 0 Å². The number of rotatable bonds is 11. The zero-order valence-electron chi connectivity index (χ0n) is 15.6. The average Bonchev–Trinajstić information content (AvgIpc) is 2.45. The highest BCUT2D eigenvalue weighted by Gasteiger charge is 2.16. The molecule has 0 radical (unpaired) electrons. The Morgan fingerprint density at radius 3 is 1.68 bits per heavy atom. The van der Waals surface area contributed by atoms with Crippen molar-refractivity contribution < 1.29 is 0 Å². The molecule has 0 spiro atoms. The highest BCUT2D eigenvalue weighted by molar-refractivity contribution is 4.73. The largest absolute Gasteiger partial charge is 0.330 e.